The second kappa shape index (κ2) is 2.92. The zero-order valence-corrected chi connectivity index (χ0v) is 5.58. The van der Waals surface area contributed by atoms with E-state index in [0.29, 0.717) is 0 Å². The molecule has 0 aromatic carbocycles. The molecule has 0 spiro atoms. The van der Waals surface area contributed by atoms with Crippen LogP contribution in [-0.2, 0) is 14.2 Å². The number of Topliss-reactive ketones (excluding diaryl/α,β-unsaturated/α-hetero) is 1. The monoisotopic (exact) mass is 167 g/mol. The number of hydrogen-bond acceptors (Lipinski definition) is 4. The quantitative estimate of drug-likeness (QED) is 0.354. The summed E-state index contributed by atoms with van der Waals surface area (Å²) in [6.45, 7) is 0. The SMILES string of the molecule is O=C([O-])C(=O)CP(=O)(O)O. The fourth-order valence-corrected chi connectivity index (χ4v) is 0.755. The smallest absolute Gasteiger partial charge is 0.333 e. The molecule has 0 unspecified atom stereocenters. The maximum Gasteiger partial charge on any atom is 0.333 e. The van der Waals surface area contributed by atoms with E-state index in [-0.39, 0.29) is 0 Å². The van der Waals surface area contributed by atoms with Crippen LogP contribution in [0.15, 0.2) is 0 Å². The number of carboxylic acid groups (broad SMARTS) is 1. The molecule has 0 atom stereocenters. The Hall–Kier alpha value is -0.710. The van der Waals surface area contributed by atoms with E-state index in [1.54, 1.807) is 0 Å². The fourth-order valence-electron chi connectivity index (χ4n) is 0.252. The van der Waals surface area contributed by atoms with Gasteiger partial charge in [-0.15, -0.1) is 0 Å². The molecule has 0 aliphatic rings. The molecule has 0 aromatic heterocycles. The van der Waals surface area contributed by atoms with Gasteiger partial charge in [0.1, 0.15) is 12.1 Å². The van der Waals surface area contributed by atoms with E-state index in [9.17, 15) is 19.3 Å². The van der Waals surface area contributed by atoms with Crippen LogP contribution in [0.2, 0.25) is 0 Å². The summed E-state index contributed by atoms with van der Waals surface area (Å²) in [7, 11) is -4.55. The Balaban J connectivity index is 4.07. The highest BCUT2D eigenvalue weighted by Gasteiger charge is 2.19. The van der Waals surface area contributed by atoms with Crippen LogP contribution in [0.5, 0.6) is 0 Å². The van der Waals surface area contributed by atoms with Gasteiger partial charge < -0.3 is 19.7 Å². The highest BCUT2D eigenvalue weighted by molar-refractivity contribution is 7.53. The maximum atomic E-state index is 10.0. The van der Waals surface area contributed by atoms with Crippen molar-refractivity contribution in [3.05, 3.63) is 0 Å². The second-order valence-electron chi connectivity index (χ2n) is 1.53. The van der Waals surface area contributed by atoms with Crippen LogP contribution in [0.1, 0.15) is 0 Å². The molecule has 6 nitrogen and oxygen atoms in total. The van der Waals surface area contributed by atoms with Crippen molar-refractivity contribution < 1.29 is 29.0 Å². The summed E-state index contributed by atoms with van der Waals surface area (Å²) in [5, 5.41) is 9.57. The molecule has 0 radical (unpaired) electrons. The van der Waals surface area contributed by atoms with Crippen molar-refractivity contribution >= 4 is 19.3 Å². The Labute approximate surface area is 55.6 Å². The van der Waals surface area contributed by atoms with Crippen molar-refractivity contribution in [2.45, 2.75) is 0 Å². The van der Waals surface area contributed by atoms with Crippen molar-refractivity contribution in [2.24, 2.45) is 0 Å². The van der Waals surface area contributed by atoms with Gasteiger partial charge in [0.15, 0.2) is 5.78 Å². The predicted molar refractivity (Wildman–Crippen MR) is 26.9 cm³/mol. The fraction of sp³-hybridized carbons (Fsp3) is 0.333. The second-order valence-corrected chi connectivity index (χ2v) is 3.18. The Kier molecular flexibility index (Phi) is 2.71. The van der Waals surface area contributed by atoms with Crippen molar-refractivity contribution in [1.29, 1.82) is 0 Å². The van der Waals surface area contributed by atoms with Crippen LogP contribution in [0.4, 0.5) is 0 Å². The van der Waals surface area contributed by atoms with Gasteiger partial charge in [-0.1, -0.05) is 0 Å². The summed E-state index contributed by atoms with van der Waals surface area (Å²) in [6, 6.07) is 0. The third kappa shape index (κ3) is 4.20. The first-order valence-corrected chi connectivity index (χ1v) is 3.91. The number of carbonyl (C=O) groups is 2. The minimum atomic E-state index is -4.55. The van der Waals surface area contributed by atoms with Crippen molar-refractivity contribution in [1.82, 2.24) is 0 Å². The van der Waals surface area contributed by atoms with E-state index in [4.69, 9.17) is 9.79 Å². The van der Waals surface area contributed by atoms with Gasteiger partial charge in [-0.2, -0.15) is 0 Å². The van der Waals surface area contributed by atoms with E-state index in [0.717, 1.165) is 0 Å². The normalized spacial score (nSPS) is 11.0. The van der Waals surface area contributed by atoms with Gasteiger partial charge in [-0.25, -0.2) is 0 Å². The van der Waals surface area contributed by atoms with E-state index < -0.39 is 25.5 Å². The van der Waals surface area contributed by atoms with Gasteiger partial charge >= 0.3 is 7.60 Å². The molecule has 0 amide bonds. The minimum Gasteiger partial charge on any atom is -0.542 e. The van der Waals surface area contributed by atoms with E-state index >= 15 is 0 Å². The zero-order chi connectivity index (χ0) is 8.36. The van der Waals surface area contributed by atoms with E-state index in [1.807, 2.05) is 0 Å². The lowest BCUT2D eigenvalue weighted by Crippen LogP contribution is -2.33. The van der Waals surface area contributed by atoms with Crippen LogP contribution < -0.4 is 5.11 Å². The summed E-state index contributed by atoms with van der Waals surface area (Å²) in [5.41, 5.74) is 0. The zero-order valence-electron chi connectivity index (χ0n) is 4.68. The number of carboxylic acids is 1. The lowest BCUT2D eigenvalue weighted by Gasteiger charge is -2.01. The van der Waals surface area contributed by atoms with Crippen LogP contribution in [0.25, 0.3) is 0 Å². The summed E-state index contributed by atoms with van der Waals surface area (Å²) in [4.78, 5) is 35.6. The maximum absolute atomic E-state index is 10.0. The Morgan fingerprint density at radius 1 is 1.40 bits per heavy atom. The van der Waals surface area contributed by atoms with E-state index in [1.165, 1.54) is 0 Å². The average Bonchev–Trinajstić information content (AvgIpc) is 1.60. The Bertz CT molecular complexity index is 201. The standard InChI is InChI=1S/C3H5O6P/c4-2(3(5)6)1-10(7,8)9/h1H2,(H,5,6)(H2,7,8,9)/p-1. The van der Waals surface area contributed by atoms with Crippen LogP contribution in [-0.4, -0.2) is 27.7 Å². The molecule has 0 bridgehead atoms. The molecule has 0 saturated carbocycles. The Morgan fingerprint density at radius 3 is 1.90 bits per heavy atom. The molecule has 0 aliphatic heterocycles. The number of hydrogen-bond donors (Lipinski definition) is 2. The molecular formula is C3H4O6P-. The van der Waals surface area contributed by atoms with E-state index in [2.05, 4.69) is 0 Å². The molecule has 58 valence electrons. The molecule has 0 saturated heterocycles. The number of rotatable bonds is 3. The molecule has 0 aromatic rings. The van der Waals surface area contributed by atoms with Gasteiger partial charge in [0.05, 0.1) is 0 Å². The highest BCUT2D eigenvalue weighted by Crippen LogP contribution is 2.33. The first kappa shape index (κ1) is 9.29. The van der Waals surface area contributed by atoms with Crippen LogP contribution >= 0.6 is 7.60 Å². The highest BCUT2D eigenvalue weighted by atomic mass is 31.2. The molecule has 0 heterocycles. The number of aliphatic carboxylic acids is 1. The first-order valence-electron chi connectivity index (χ1n) is 2.11. The lowest BCUT2D eigenvalue weighted by molar-refractivity contribution is -0.299. The lowest BCUT2D eigenvalue weighted by atomic mass is 10.5. The summed E-state index contributed by atoms with van der Waals surface area (Å²) >= 11 is 0. The Morgan fingerprint density at radius 2 is 1.80 bits per heavy atom. The molecular weight excluding hydrogens is 163 g/mol. The van der Waals surface area contributed by atoms with Crippen molar-refractivity contribution in [3.63, 3.8) is 0 Å². The van der Waals surface area contributed by atoms with Crippen molar-refractivity contribution in [2.75, 3.05) is 6.16 Å². The summed E-state index contributed by atoms with van der Waals surface area (Å²) < 4.78 is 9.93. The average molecular weight is 167 g/mol. The summed E-state index contributed by atoms with van der Waals surface area (Å²) in [6.07, 6.45) is -1.30. The van der Waals surface area contributed by atoms with Gasteiger partial charge in [0.25, 0.3) is 0 Å². The summed E-state index contributed by atoms with van der Waals surface area (Å²) in [5.74, 6) is -3.67. The topological polar surface area (TPSA) is 115 Å². The van der Waals surface area contributed by atoms with Gasteiger partial charge in [-0.05, 0) is 0 Å². The number of carbonyl (C=O) groups excluding carboxylic acids is 2. The molecule has 2 N–H and O–H groups in total. The van der Waals surface area contributed by atoms with Gasteiger partial charge in [0.2, 0.25) is 0 Å². The number of ketones is 1. The van der Waals surface area contributed by atoms with Crippen molar-refractivity contribution in [3.8, 4) is 0 Å². The van der Waals surface area contributed by atoms with Crippen LogP contribution in [0, 0.1) is 0 Å². The third-order valence-corrected chi connectivity index (χ3v) is 1.28. The van der Waals surface area contributed by atoms with Gasteiger partial charge in [-0.3, -0.25) is 9.36 Å². The van der Waals surface area contributed by atoms with Gasteiger partial charge in [0, 0.05) is 0 Å². The molecule has 7 heteroatoms. The predicted octanol–water partition coefficient (Wildman–Crippen LogP) is -2.52. The molecule has 10 heavy (non-hydrogen) atoms. The largest absolute Gasteiger partial charge is 0.542 e. The molecule has 0 aliphatic carbocycles. The molecule has 0 fully saturated rings. The first-order chi connectivity index (χ1) is 4.33. The molecule has 0 rings (SSSR count). The van der Waals surface area contributed by atoms with Crippen LogP contribution in [0.3, 0.4) is 0 Å². The third-order valence-electron chi connectivity index (χ3n) is 0.577. The minimum absolute atomic E-state index is 1.30.